The van der Waals surface area contributed by atoms with E-state index in [2.05, 4.69) is 9.97 Å². The first kappa shape index (κ1) is 24.4. The fourth-order valence-electron chi connectivity index (χ4n) is 2.93. The summed E-state index contributed by atoms with van der Waals surface area (Å²) in [6, 6.07) is 8.78. The molecule has 0 fully saturated rings. The summed E-state index contributed by atoms with van der Waals surface area (Å²) in [6.45, 7) is -0.379. The van der Waals surface area contributed by atoms with Crippen LogP contribution in [0.5, 0.6) is 0 Å². The molecule has 0 spiro atoms. The number of rotatable bonds is 13. The fraction of sp³-hybridized carbons (Fsp3) is 0.300. The van der Waals surface area contributed by atoms with Crippen LogP contribution in [0.25, 0.3) is 0 Å². The van der Waals surface area contributed by atoms with E-state index < -0.39 is 23.9 Å². The van der Waals surface area contributed by atoms with E-state index in [1.54, 1.807) is 12.1 Å². The van der Waals surface area contributed by atoms with E-state index in [0.717, 1.165) is 0 Å². The molecular weight excluding hydrogens is 424 g/mol. The molecule has 0 aliphatic heterocycles. The molecule has 12 heteroatoms. The minimum Gasteiger partial charge on any atom is -0.480 e. The maximum atomic E-state index is 11.3. The number of pyridine rings is 2. The maximum absolute atomic E-state index is 11.3. The number of hydrogen-bond donors (Lipinski definition) is 4. The molecule has 0 amide bonds. The lowest BCUT2D eigenvalue weighted by Gasteiger charge is -2.25. The number of nitrogens with zero attached hydrogens (tertiary/aromatic N) is 4. The highest BCUT2D eigenvalue weighted by Crippen LogP contribution is 2.08. The van der Waals surface area contributed by atoms with E-state index in [0.29, 0.717) is 11.4 Å². The number of carboxylic acids is 4. The SMILES string of the molecule is O=C(O)CN(CCN(CC(=O)O)Cc1cccc(C(=O)O)n1)Cc1cccc(C(=O)O)n1. The summed E-state index contributed by atoms with van der Waals surface area (Å²) in [4.78, 5) is 55.7. The highest BCUT2D eigenvalue weighted by atomic mass is 16.4. The van der Waals surface area contributed by atoms with Crippen molar-refractivity contribution in [2.24, 2.45) is 0 Å². The summed E-state index contributed by atoms with van der Waals surface area (Å²) in [5.74, 6) is -4.64. The Balaban J connectivity index is 2.12. The molecular formula is C20H22N4O8. The lowest BCUT2D eigenvalue weighted by Crippen LogP contribution is -2.39. The van der Waals surface area contributed by atoms with E-state index in [1.165, 1.54) is 34.1 Å². The summed E-state index contributed by atoms with van der Waals surface area (Å²) in [6.07, 6.45) is 0. The third-order valence-corrected chi connectivity index (χ3v) is 4.27. The van der Waals surface area contributed by atoms with Gasteiger partial charge in [0.1, 0.15) is 11.4 Å². The molecule has 0 radical (unpaired) electrons. The minimum absolute atomic E-state index is 0.0427. The summed E-state index contributed by atoms with van der Waals surface area (Å²) < 4.78 is 0. The third kappa shape index (κ3) is 8.08. The number of carboxylic acid groups (broad SMARTS) is 4. The topological polar surface area (TPSA) is 181 Å². The first-order chi connectivity index (χ1) is 15.1. The predicted octanol–water partition coefficient (Wildman–Crippen LogP) is 0.346. The van der Waals surface area contributed by atoms with Crippen LogP contribution in [0, 0.1) is 0 Å². The Bertz CT molecular complexity index is 918. The molecule has 2 heterocycles. The van der Waals surface area contributed by atoms with E-state index >= 15 is 0 Å². The maximum Gasteiger partial charge on any atom is 0.354 e. The van der Waals surface area contributed by atoms with Crippen molar-refractivity contribution < 1.29 is 39.6 Å². The first-order valence-electron chi connectivity index (χ1n) is 9.40. The summed E-state index contributed by atoms with van der Waals surface area (Å²) >= 11 is 0. The quantitative estimate of drug-likeness (QED) is 0.332. The minimum atomic E-state index is -1.21. The van der Waals surface area contributed by atoms with Gasteiger partial charge in [0.15, 0.2) is 0 Å². The van der Waals surface area contributed by atoms with Crippen LogP contribution >= 0.6 is 0 Å². The van der Waals surface area contributed by atoms with Crippen LogP contribution in [0.4, 0.5) is 0 Å². The van der Waals surface area contributed by atoms with Gasteiger partial charge in [-0.1, -0.05) is 12.1 Å². The number of hydrogen-bond acceptors (Lipinski definition) is 8. The van der Waals surface area contributed by atoms with Gasteiger partial charge in [-0.2, -0.15) is 0 Å². The van der Waals surface area contributed by atoms with Crippen molar-refractivity contribution in [2.45, 2.75) is 13.1 Å². The second-order valence-electron chi connectivity index (χ2n) is 6.85. The van der Waals surface area contributed by atoms with Crippen LogP contribution in [0.15, 0.2) is 36.4 Å². The smallest absolute Gasteiger partial charge is 0.354 e. The molecule has 32 heavy (non-hydrogen) atoms. The second-order valence-corrected chi connectivity index (χ2v) is 6.85. The summed E-state index contributed by atoms with van der Waals surface area (Å²) in [5, 5.41) is 36.5. The zero-order valence-electron chi connectivity index (χ0n) is 16.9. The van der Waals surface area contributed by atoms with Crippen molar-refractivity contribution in [1.82, 2.24) is 19.8 Å². The van der Waals surface area contributed by atoms with Crippen molar-refractivity contribution in [1.29, 1.82) is 0 Å². The van der Waals surface area contributed by atoms with Gasteiger partial charge in [0.05, 0.1) is 24.5 Å². The molecule has 4 N–H and O–H groups in total. The largest absolute Gasteiger partial charge is 0.480 e. The first-order valence-corrected chi connectivity index (χ1v) is 9.40. The molecule has 0 aliphatic rings. The molecule has 2 aromatic heterocycles. The number of aliphatic carboxylic acids is 2. The van der Waals surface area contributed by atoms with Crippen molar-refractivity contribution in [3.05, 3.63) is 59.2 Å². The monoisotopic (exact) mass is 446 g/mol. The van der Waals surface area contributed by atoms with Gasteiger partial charge in [-0.25, -0.2) is 19.6 Å². The highest BCUT2D eigenvalue weighted by Gasteiger charge is 2.17. The second kappa shape index (κ2) is 11.5. The van der Waals surface area contributed by atoms with Crippen LogP contribution in [0.2, 0.25) is 0 Å². The van der Waals surface area contributed by atoms with Crippen LogP contribution in [0.3, 0.4) is 0 Å². The van der Waals surface area contributed by atoms with Gasteiger partial charge < -0.3 is 20.4 Å². The molecule has 0 unspecified atom stereocenters. The molecule has 12 nitrogen and oxygen atoms in total. The normalized spacial score (nSPS) is 10.9. The lowest BCUT2D eigenvalue weighted by molar-refractivity contribution is -0.140. The summed E-state index contributed by atoms with van der Waals surface area (Å²) in [7, 11) is 0. The predicted molar refractivity (Wildman–Crippen MR) is 108 cm³/mol. The van der Waals surface area contributed by atoms with E-state index in [9.17, 15) is 29.4 Å². The number of aromatic carboxylic acids is 2. The molecule has 170 valence electrons. The summed E-state index contributed by atoms with van der Waals surface area (Å²) in [5.41, 5.74) is 0.364. The average Bonchev–Trinajstić information content (AvgIpc) is 2.71. The molecule has 2 rings (SSSR count). The van der Waals surface area contributed by atoms with E-state index in [4.69, 9.17) is 10.2 Å². The Labute approximate surface area is 182 Å². The highest BCUT2D eigenvalue weighted by molar-refractivity contribution is 5.85. The third-order valence-electron chi connectivity index (χ3n) is 4.27. The van der Waals surface area contributed by atoms with Crippen molar-refractivity contribution in [3.8, 4) is 0 Å². The molecule has 0 aromatic carbocycles. The number of aromatic nitrogens is 2. The molecule has 0 saturated carbocycles. The van der Waals surface area contributed by atoms with Gasteiger partial charge in [-0.05, 0) is 24.3 Å². The van der Waals surface area contributed by atoms with Gasteiger partial charge >= 0.3 is 23.9 Å². The van der Waals surface area contributed by atoms with Gasteiger partial charge in [0.2, 0.25) is 0 Å². The molecule has 0 bridgehead atoms. The van der Waals surface area contributed by atoms with Crippen molar-refractivity contribution >= 4 is 23.9 Å². The Morgan fingerprint density at radius 1 is 0.656 bits per heavy atom. The molecule has 0 saturated heterocycles. The van der Waals surface area contributed by atoms with E-state index in [-0.39, 0.29) is 50.7 Å². The van der Waals surface area contributed by atoms with Crippen LogP contribution in [-0.2, 0) is 22.7 Å². The van der Waals surface area contributed by atoms with Gasteiger partial charge in [0, 0.05) is 26.2 Å². The zero-order chi connectivity index (χ0) is 23.7. The molecule has 2 aromatic rings. The number of carbonyl (C=O) groups is 4. The van der Waals surface area contributed by atoms with Gasteiger partial charge in [0.25, 0.3) is 0 Å². The zero-order valence-corrected chi connectivity index (χ0v) is 16.9. The lowest BCUT2D eigenvalue weighted by atomic mass is 10.2. The average molecular weight is 446 g/mol. The van der Waals surface area contributed by atoms with Gasteiger partial charge in [-0.3, -0.25) is 19.4 Å². The van der Waals surface area contributed by atoms with Gasteiger partial charge in [-0.15, -0.1) is 0 Å². The standard InChI is InChI=1S/C20H22N4O8/c25-17(26)11-23(9-13-3-1-5-15(21-13)19(29)30)7-8-24(12-18(27)28)10-14-4-2-6-16(22-14)20(31)32/h1-6H,7-12H2,(H,25,26)(H,27,28)(H,29,30)(H,31,32). The van der Waals surface area contributed by atoms with E-state index in [1.807, 2.05) is 0 Å². The van der Waals surface area contributed by atoms with Crippen LogP contribution in [0.1, 0.15) is 32.4 Å². The fourth-order valence-corrected chi connectivity index (χ4v) is 2.93. The Hall–Kier alpha value is -3.90. The van der Waals surface area contributed by atoms with Crippen LogP contribution in [-0.4, -0.2) is 90.3 Å². The molecule has 0 aliphatic carbocycles. The molecule has 0 atom stereocenters. The van der Waals surface area contributed by atoms with Crippen LogP contribution < -0.4 is 0 Å². The van der Waals surface area contributed by atoms with Crippen molar-refractivity contribution in [2.75, 3.05) is 26.2 Å². The van der Waals surface area contributed by atoms with Crippen molar-refractivity contribution in [3.63, 3.8) is 0 Å². The Morgan fingerprint density at radius 3 is 1.34 bits per heavy atom. The Morgan fingerprint density at radius 2 is 1.03 bits per heavy atom. The Kier molecular flexibility index (Phi) is 8.74.